The third-order valence-electron chi connectivity index (χ3n) is 2.71. The van der Waals surface area contributed by atoms with E-state index in [4.69, 9.17) is 16.3 Å². The first-order chi connectivity index (χ1) is 10.1. The first-order valence-corrected chi connectivity index (χ1v) is 6.54. The van der Waals surface area contributed by atoms with Gasteiger partial charge in [0.1, 0.15) is 11.6 Å². The monoisotopic (exact) mass is 305 g/mol. The summed E-state index contributed by atoms with van der Waals surface area (Å²) in [5.41, 5.74) is 1.27. The maximum absolute atomic E-state index is 13.0. The number of carbonyl (C=O) groups is 1. The molecular weight excluding hydrogens is 293 g/mol. The highest BCUT2D eigenvalue weighted by molar-refractivity contribution is 6.31. The van der Waals surface area contributed by atoms with Crippen molar-refractivity contribution in [2.75, 3.05) is 12.4 Å². The predicted octanol–water partition coefficient (Wildman–Crippen LogP) is 4.14. The molecule has 0 spiro atoms. The molecule has 2 aromatic carbocycles. The molecule has 0 aliphatic rings. The lowest BCUT2D eigenvalue weighted by molar-refractivity contribution is -0.111. The number of hydrogen-bond acceptors (Lipinski definition) is 2. The van der Waals surface area contributed by atoms with Crippen molar-refractivity contribution in [2.24, 2.45) is 0 Å². The summed E-state index contributed by atoms with van der Waals surface area (Å²) in [6, 6.07) is 11.3. The van der Waals surface area contributed by atoms with Crippen LogP contribution in [0.1, 0.15) is 5.56 Å². The average Bonchev–Trinajstić information content (AvgIpc) is 2.49. The van der Waals surface area contributed by atoms with Gasteiger partial charge in [0.25, 0.3) is 0 Å². The zero-order chi connectivity index (χ0) is 15.2. The Morgan fingerprint density at radius 3 is 2.81 bits per heavy atom. The number of rotatable bonds is 4. The van der Waals surface area contributed by atoms with E-state index in [-0.39, 0.29) is 10.9 Å². The summed E-state index contributed by atoms with van der Waals surface area (Å²) >= 11 is 5.65. The second-order valence-electron chi connectivity index (χ2n) is 4.23. The molecule has 0 saturated carbocycles. The standard InChI is InChI=1S/C16H13ClFNO2/c1-21-13-4-2-3-11(9-13)5-8-16(20)19-12-6-7-15(18)14(17)10-12/h2-10H,1H3,(H,19,20)/b8-5+. The maximum Gasteiger partial charge on any atom is 0.248 e. The van der Waals surface area contributed by atoms with Crippen molar-refractivity contribution < 1.29 is 13.9 Å². The van der Waals surface area contributed by atoms with Crippen LogP contribution in [0, 0.1) is 5.82 Å². The van der Waals surface area contributed by atoms with Crippen molar-refractivity contribution in [3.8, 4) is 5.75 Å². The molecule has 0 unspecified atom stereocenters. The van der Waals surface area contributed by atoms with Gasteiger partial charge in [0, 0.05) is 11.8 Å². The van der Waals surface area contributed by atoms with Gasteiger partial charge < -0.3 is 10.1 Å². The van der Waals surface area contributed by atoms with Crippen LogP contribution < -0.4 is 10.1 Å². The van der Waals surface area contributed by atoms with E-state index in [9.17, 15) is 9.18 Å². The number of anilines is 1. The summed E-state index contributed by atoms with van der Waals surface area (Å²) in [7, 11) is 1.58. The average molecular weight is 306 g/mol. The zero-order valence-electron chi connectivity index (χ0n) is 11.3. The Morgan fingerprint density at radius 2 is 2.10 bits per heavy atom. The summed E-state index contributed by atoms with van der Waals surface area (Å²) in [5.74, 6) is -0.148. The van der Waals surface area contributed by atoms with Crippen molar-refractivity contribution in [2.45, 2.75) is 0 Å². The van der Waals surface area contributed by atoms with Crippen molar-refractivity contribution >= 4 is 29.3 Å². The molecule has 0 aliphatic heterocycles. The van der Waals surface area contributed by atoms with Gasteiger partial charge in [-0.05, 0) is 42.0 Å². The quantitative estimate of drug-likeness (QED) is 0.862. The Hall–Kier alpha value is -2.33. The number of amides is 1. The van der Waals surface area contributed by atoms with Crippen molar-refractivity contribution in [1.29, 1.82) is 0 Å². The number of methoxy groups -OCH3 is 1. The molecule has 1 amide bonds. The minimum Gasteiger partial charge on any atom is -0.497 e. The third-order valence-corrected chi connectivity index (χ3v) is 3.00. The Bertz CT molecular complexity index is 686. The lowest BCUT2D eigenvalue weighted by atomic mass is 10.2. The Kier molecular flexibility index (Phi) is 4.95. The van der Waals surface area contributed by atoms with Crippen LogP contribution in [0.5, 0.6) is 5.75 Å². The van der Waals surface area contributed by atoms with Crippen LogP contribution in [0.2, 0.25) is 5.02 Å². The molecule has 0 aliphatic carbocycles. The van der Waals surface area contributed by atoms with Gasteiger partial charge in [-0.3, -0.25) is 4.79 Å². The van der Waals surface area contributed by atoms with E-state index in [1.165, 1.54) is 24.3 Å². The fourth-order valence-corrected chi connectivity index (χ4v) is 1.86. The summed E-state index contributed by atoms with van der Waals surface area (Å²) in [4.78, 5) is 11.8. The van der Waals surface area contributed by atoms with Gasteiger partial charge >= 0.3 is 0 Å². The molecule has 5 heteroatoms. The van der Waals surface area contributed by atoms with Gasteiger partial charge in [0.15, 0.2) is 0 Å². The molecule has 0 radical (unpaired) electrons. The second-order valence-corrected chi connectivity index (χ2v) is 4.64. The molecule has 3 nitrogen and oxygen atoms in total. The zero-order valence-corrected chi connectivity index (χ0v) is 12.0. The molecule has 1 N–H and O–H groups in total. The molecule has 0 aromatic heterocycles. The van der Waals surface area contributed by atoms with Crippen LogP contribution in [0.4, 0.5) is 10.1 Å². The summed E-state index contributed by atoms with van der Waals surface area (Å²) < 4.78 is 18.1. The van der Waals surface area contributed by atoms with Gasteiger partial charge in [0.05, 0.1) is 12.1 Å². The first-order valence-electron chi connectivity index (χ1n) is 6.16. The van der Waals surface area contributed by atoms with E-state index in [1.54, 1.807) is 19.3 Å². The normalized spacial score (nSPS) is 10.6. The minimum atomic E-state index is -0.526. The lowest BCUT2D eigenvalue weighted by Crippen LogP contribution is -2.07. The topological polar surface area (TPSA) is 38.3 Å². The number of halogens is 2. The largest absolute Gasteiger partial charge is 0.497 e. The highest BCUT2D eigenvalue weighted by Gasteiger charge is 2.03. The number of benzene rings is 2. The molecule has 0 bridgehead atoms. The Labute approximate surface area is 127 Å². The Morgan fingerprint density at radius 1 is 1.29 bits per heavy atom. The van der Waals surface area contributed by atoms with Crippen molar-refractivity contribution in [3.63, 3.8) is 0 Å². The highest BCUT2D eigenvalue weighted by atomic mass is 35.5. The van der Waals surface area contributed by atoms with E-state index >= 15 is 0 Å². The molecule has 0 atom stereocenters. The van der Waals surface area contributed by atoms with Gasteiger partial charge in [-0.2, -0.15) is 0 Å². The van der Waals surface area contributed by atoms with E-state index in [1.807, 2.05) is 18.2 Å². The van der Waals surface area contributed by atoms with Crippen LogP contribution >= 0.6 is 11.6 Å². The molecular formula is C16H13ClFNO2. The maximum atomic E-state index is 13.0. The predicted molar refractivity (Wildman–Crippen MR) is 82.1 cm³/mol. The number of ether oxygens (including phenoxy) is 1. The fourth-order valence-electron chi connectivity index (χ4n) is 1.67. The van der Waals surface area contributed by atoms with E-state index in [0.29, 0.717) is 11.4 Å². The van der Waals surface area contributed by atoms with E-state index in [0.717, 1.165) is 5.56 Å². The van der Waals surface area contributed by atoms with E-state index in [2.05, 4.69) is 5.32 Å². The molecule has 2 rings (SSSR count). The van der Waals surface area contributed by atoms with E-state index < -0.39 is 5.82 Å². The van der Waals surface area contributed by atoms with Crippen LogP contribution in [0.3, 0.4) is 0 Å². The fraction of sp³-hybridized carbons (Fsp3) is 0.0625. The van der Waals surface area contributed by atoms with Gasteiger partial charge in [-0.1, -0.05) is 23.7 Å². The second kappa shape index (κ2) is 6.90. The smallest absolute Gasteiger partial charge is 0.248 e. The molecule has 2 aromatic rings. The number of nitrogens with one attached hydrogen (secondary N) is 1. The summed E-state index contributed by atoms with van der Waals surface area (Å²) in [5, 5.41) is 2.56. The Balaban J connectivity index is 2.03. The first kappa shape index (κ1) is 15.1. The van der Waals surface area contributed by atoms with Gasteiger partial charge in [-0.25, -0.2) is 4.39 Å². The van der Waals surface area contributed by atoms with Crippen LogP contribution in [0.25, 0.3) is 6.08 Å². The minimum absolute atomic E-state index is 0.0374. The highest BCUT2D eigenvalue weighted by Crippen LogP contribution is 2.19. The third kappa shape index (κ3) is 4.33. The van der Waals surface area contributed by atoms with Gasteiger partial charge in [-0.15, -0.1) is 0 Å². The number of hydrogen-bond donors (Lipinski definition) is 1. The SMILES string of the molecule is COc1cccc(/C=C/C(=O)Nc2ccc(F)c(Cl)c2)c1. The van der Waals surface area contributed by atoms with Crippen molar-refractivity contribution in [3.05, 3.63) is 64.9 Å². The van der Waals surface area contributed by atoms with Crippen LogP contribution in [-0.2, 0) is 4.79 Å². The van der Waals surface area contributed by atoms with Crippen molar-refractivity contribution in [1.82, 2.24) is 0 Å². The summed E-state index contributed by atoms with van der Waals surface area (Å²) in [6.07, 6.45) is 3.04. The molecule has 108 valence electrons. The molecule has 0 heterocycles. The summed E-state index contributed by atoms with van der Waals surface area (Å²) in [6.45, 7) is 0. The molecule has 0 fully saturated rings. The lowest BCUT2D eigenvalue weighted by Gasteiger charge is -2.03. The molecule has 0 saturated heterocycles. The van der Waals surface area contributed by atoms with Crippen LogP contribution in [-0.4, -0.2) is 13.0 Å². The number of carbonyl (C=O) groups excluding carboxylic acids is 1. The van der Waals surface area contributed by atoms with Gasteiger partial charge in [0.2, 0.25) is 5.91 Å². The molecule has 21 heavy (non-hydrogen) atoms. The van der Waals surface area contributed by atoms with Crippen LogP contribution in [0.15, 0.2) is 48.5 Å².